The molecule has 3 aliphatic carbocycles. The van der Waals surface area contributed by atoms with Crippen molar-refractivity contribution < 1.29 is 41.7 Å². The van der Waals surface area contributed by atoms with E-state index in [1.807, 2.05) is 0 Å². The number of carbonyl (C=O) groups excluding carboxylic acids is 1. The highest BCUT2D eigenvalue weighted by atomic mass is 19.4. The van der Waals surface area contributed by atoms with Crippen molar-refractivity contribution in [1.82, 2.24) is 0 Å². The zero-order valence-electron chi connectivity index (χ0n) is 18.1. The monoisotopic (exact) mass is 454 g/mol. The largest absolute Gasteiger partial charge is 0.490 e. The molecular weight excluding hydrogens is 429 g/mol. The zero-order valence-corrected chi connectivity index (χ0v) is 18.1. The number of rotatable bonds is 2. The first-order valence-corrected chi connectivity index (χ1v) is 11.3. The SMILES string of the molecule is C=C1OCC2=C1CC[C@@]1(C)[C@H]2C[C@@H]2O[C@@]23[C@H](OC(C)=O)[C@@]2(C(C)C(F)(F)F)O[C@H]2[C@@H]2O[C@@]231. The Kier molecular flexibility index (Phi) is 3.24. The molecule has 2 saturated carbocycles. The lowest BCUT2D eigenvalue weighted by Crippen LogP contribution is -2.70. The molecule has 7 aliphatic rings. The Labute approximate surface area is 183 Å². The van der Waals surface area contributed by atoms with Crippen molar-refractivity contribution in [2.75, 3.05) is 6.61 Å². The molecule has 2 spiro atoms. The average molecular weight is 454 g/mol. The van der Waals surface area contributed by atoms with Crippen molar-refractivity contribution in [3.8, 4) is 0 Å². The quantitative estimate of drug-likeness (QED) is 0.471. The van der Waals surface area contributed by atoms with Crippen LogP contribution in [0.1, 0.15) is 40.0 Å². The topological polar surface area (TPSA) is 73.1 Å². The molecule has 5 fully saturated rings. The molecule has 1 unspecified atom stereocenters. The predicted molar refractivity (Wildman–Crippen MR) is 101 cm³/mol. The fraction of sp³-hybridized carbons (Fsp3) is 0.783. The van der Waals surface area contributed by atoms with Crippen LogP contribution in [0.4, 0.5) is 13.2 Å². The van der Waals surface area contributed by atoms with Crippen molar-refractivity contribution in [3.63, 3.8) is 0 Å². The molecule has 174 valence electrons. The smallest absolute Gasteiger partial charge is 0.394 e. The average Bonchev–Trinajstić information content (AvgIpc) is 3.60. The van der Waals surface area contributed by atoms with Crippen LogP contribution in [-0.2, 0) is 28.5 Å². The minimum absolute atomic E-state index is 0.111. The highest BCUT2D eigenvalue weighted by Crippen LogP contribution is 2.83. The van der Waals surface area contributed by atoms with Crippen molar-refractivity contribution in [1.29, 1.82) is 0 Å². The number of ether oxygens (including phenoxy) is 5. The molecule has 0 aromatic rings. The molecule has 0 radical (unpaired) electrons. The minimum Gasteiger partial charge on any atom is -0.490 e. The van der Waals surface area contributed by atoms with Gasteiger partial charge in [0, 0.05) is 12.3 Å². The Balaban J connectivity index is 1.37. The first-order valence-electron chi connectivity index (χ1n) is 11.3. The van der Waals surface area contributed by atoms with E-state index in [2.05, 4.69) is 13.5 Å². The molecule has 3 saturated heterocycles. The molecule has 4 heterocycles. The number of alkyl halides is 3. The Bertz CT molecular complexity index is 1020. The van der Waals surface area contributed by atoms with Gasteiger partial charge in [0.15, 0.2) is 11.7 Å². The lowest BCUT2D eigenvalue weighted by Gasteiger charge is -2.54. The summed E-state index contributed by atoms with van der Waals surface area (Å²) >= 11 is 0. The summed E-state index contributed by atoms with van der Waals surface area (Å²) in [6, 6.07) is 0. The molecule has 0 amide bonds. The molecule has 10 atom stereocenters. The lowest BCUT2D eigenvalue weighted by molar-refractivity contribution is -0.214. The molecule has 0 bridgehead atoms. The van der Waals surface area contributed by atoms with Crippen LogP contribution in [-0.4, -0.2) is 60.0 Å². The molecule has 0 aromatic heterocycles. The first kappa shape index (κ1) is 19.9. The van der Waals surface area contributed by atoms with Crippen molar-refractivity contribution in [2.45, 2.75) is 87.4 Å². The van der Waals surface area contributed by atoms with Gasteiger partial charge in [-0.1, -0.05) is 20.4 Å². The normalized spacial score (nSPS) is 54.7. The van der Waals surface area contributed by atoms with E-state index in [0.717, 1.165) is 25.3 Å². The third-order valence-corrected chi connectivity index (χ3v) is 9.75. The van der Waals surface area contributed by atoms with Gasteiger partial charge >= 0.3 is 12.1 Å². The van der Waals surface area contributed by atoms with E-state index >= 15 is 0 Å². The van der Waals surface area contributed by atoms with E-state index < -0.39 is 58.6 Å². The lowest BCUT2D eigenvalue weighted by atomic mass is 9.46. The summed E-state index contributed by atoms with van der Waals surface area (Å²) in [4.78, 5) is 12.1. The number of halogens is 3. The highest BCUT2D eigenvalue weighted by Gasteiger charge is 3.02. The Morgan fingerprint density at radius 3 is 2.69 bits per heavy atom. The molecule has 9 heteroatoms. The zero-order chi connectivity index (χ0) is 22.6. The van der Waals surface area contributed by atoms with Gasteiger partial charge in [-0.15, -0.1) is 0 Å². The van der Waals surface area contributed by atoms with Gasteiger partial charge in [0.1, 0.15) is 35.8 Å². The fourth-order valence-electron chi connectivity index (χ4n) is 8.18. The van der Waals surface area contributed by atoms with Crippen molar-refractivity contribution in [3.05, 3.63) is 23.5 Å². The maximum atomic E-state index is 13.9. The van der Waals surface area contributed by atoms with Gasteiger partial charge in [-0.05, 0) is 36.3 Å². The number of esters is 1. The second kappa shape index (κ2) is 5.23. The molecule has 7 rings (SSSR count). The van der Waals surface area contributed by atoms with Crippen LogP contribution in [0.25, 0.3) is 0 Å². The van der Waals surface area contributed by atoms with E-state index in [0.29, 0.717) is 18.8 Å². The van der Waals surface area contributed by atoms with Crippen molar-refractivity contribution >= 4 is 5.97 Å². The third kappa shape index (κ3) is 1.82. The fourth-order valence-corrected chi connectivity index (χ4v) is 8.18. The van der Waals surface area contributed by atoms with Crippen LogP contribution in [0.3, 0.4) is 0 Å². The van der Waals surface area contributed by atoms with Gasteiger partial charge in [-0.25, -0.2) is 0 Å². The first-order chi connectivity index (χ1) is 14.9. The molecular formula is C23H25F3O6. The van der Waals surface area contributed by atoms with Crippen LogP contribution >= 0.6 is 0 Å². The van der Waals surface area contributed by atoms with E-state index in [1.54, 1.807) is 0 Å². The summed E-state index contributed by atoms with van der Waals surface area (Å²) in [5.74, 6) is -1.63. The summed E-state index contributed by atoms with van der Waals surface area (Å²) in [5.41, 5.74) is -1.66. The van der Waals surface area contributed by atoms with Crippen LogP contribution in [0, 0.1) is 17.3 Å². The summed E-state index contributed by atoms with van der Waals surface area (Å²) in [6.07, 6.45) is -5.15. The Morgan fingerprint density at radius 2 is 2.00 bits per heavy atom. The van der Waals surface area contributed by atoms with E-state index in [-0.39, 0.29) is 12.0 Å². The van der Waals surface area contributed by atoms with Crippen molar-refractivity contribution in [2.24, 2.45) is 17.3 Å². The van der Waals surface area contributed by atoms with Gasteiger partial charge in [0.2, 0.25) is 0 Å². The number of fused-ring (bicyclic) bond motifs is 4. The van der Waals surface area contributed by atoms with Crippen LogP contribution in [0.2, 0.25) is 0 Å². The van der Waals surface area contributed by atoms with E-state index in [9.17, 15) is 18.0 Å². The van der Waals surface area contributed by atoms with Crippen LogP contribution in [0.5, 0.6) is 0 Å². The maximum Gasteiger partial charge on any atom is 0.394 e. The maximum absolute atomic E-state index is 13.9. The van der Waals surface area contributed by atoms with Gasteiger partial charge < -0.3 is 23.7 Å². The second-order valence-corrected chi connectivity index (χ2v) is 10.7. The summed E-state index contributed by atoms with van der Waals surface area (Å²) in [5, 5.41) is 0. The van der Waals surface area contributed by atoms with E-state index in [1.165, 1.54) is 12.5 Å². The number of epoxide rings is 3. The van der Waals surface area contributed by atoms with Gasteiger partial charge in [0.25, 0.3) is 0 Å². The predicted octanol–water partition coefficient (Wildman–Crippen LogP) is 3.20. The third-order valence-electron chi connectivity index (χ3n) is 9.75. The molecule has 0 N–H and O–H groups in total. The standard InChI is InChI=1S/C23H25F3O6/c1-9-12-5-6-19(4)14(13(12)8-28-9)7-15-21(30-15)18(29-11(3)27)20(10(2)23(24,25)26)16(31-20)17-22(19,21)32-17/h10,14-18H,1,5-8H2,2-4H3/t10?,14-,15-,16-,17-,18+,19-,20-,21+,22+/m0/s1. The Morgan fingerprint density at radius 1 is 1.25 bits per heavy atom. The summed E-state index contributed by atoms with van der Waals surface area (Å²) < 4.78 is 71.8. The number of hydrogen-bond donors (Lipinski definition) is 0. The van der Waals surface area contributed by atoms with Gasteiger partial charge in [-0.2, -0.15) is 13.2 Å². The van der Waals surface area contributed by atoms with Gasteiger partial charge in [0.05, 0.1) is 12.0 Å². The molecule has 0 aromatic carbocycles. The van der Waals surface area contributed by atoms with E-state index in [4.69, 9.17) is 23.7 Å². The number of hydrogen-bond acceptors (Lipinski definition) is 6. The van der Waals surface area contributed by atoms with Crippen LogP contribution in [0.15, 0.2) is 23.5 Å². The number of allylic oxidation sites excluding steroid dienone is 1. The molecule has 6 nitrogen and oxygen atoms in total. The number of carbonyl (C=O) groups is 1. The molecule has 4 aliphatic heterocycles. The Hall–Kier alpha value is -1.58. The summed E-state index contributed by atoms with van der Waals surface area (Å²) in [7, 11) is 0. The van der Waals surface area contributed by atoms with Gasteiger partial charge in [-0.3, -0.25) is 4.79 Å². The second-order valence-electron chi connectivity index (χ2n) is 10.7. The minimum atomic E-state index is -4.50. The van der Waals surface area contributed by atoms with Crippen LogP contribution < -0.4 is 0 Å². The highest BCUT2D eigenvalue weighted by molar-refractivity contribution is 5.67. The summed E-state index contributed by atoms with van der Waals surface area (Å²) in [6.45, 7) is 8.98. The molecule has 32 heavy (non-hydrogen) atoms.